The highest BCUT2D eigenvalue weighted by atomic mass is 16.6. The first kappa shape index (κ1) is 21.0. The molecular formula is C21H16N4O6. The summed E-state index contributed by atoms with van der Waals surface area (Å²) in [5.41, 5.74) is 2.95. The van der Waals surface area contributed by atoms with Crippen LogP contribution in [0.1, 0.15) is 26.3 Å². The summed E-state index contributed by atoms with van der Waals surface area (Å²) in [6, 6.07) is 15.2. The first-order chi connectivity index (χ1) is 14.8. The number of nitrogens with zero attached hydrogens (tertiary/aromatic N) is 2. The Labute approximate surface area is 175 Å². The fraction of sp³-hybridized carbons (Fsp3) is 0. The number of para-hydroxylation sites is 1. The SMILES string of the molecule is O=C(Nc1ccccc1C(=O)N/N=C\c1ccc(O)cc1O)c1ccc([N+](=O)[O-])cc1. The van der Waals surface area contributed by atoms with Crippen LogP contribution in [0, 0.1) is 10.1 Å². The lowest BCUT2D eigenvalue weighted by Crippen LogP contribution is -2.21. The van der Waals surface area contributed by atoms with Gasteiger partial charge in [-0.25, -0.2) is 5.43 Å². The number of nitro groups is 1. The highest BCUT2D eigenvalue weighted by molar-refractivity contribution is 6.09. The molecule has 0 aliphatic rings. The lowest BCUT2D eigenvalue weighted by atomic mass is 10.1. The van der Waals surface area contributed by atoms with Crippen molar-refractivity contribution in [3.05, 3.63) is 93.5 Å². The quantitative estimate of drug-likeness (QED) is 0.273. The van der Waals surface area contributed by atoms with Crippen LogP contribution < -0.4 is 10.7 Å². The molecule has 156 valence electrons. The van der Waals surface area contributed by atoms with Crippen molar-refractivity contribution in [1.82, 2.24) is 5.43 Å². The van der Waals surface area contributed by atoms with Crippen LogP contribution in [0.5, 0.6) is 11.5 Å². The van der Waals surface area contributed by atoms with Crippen molar-refractivity contribution in [2.75, 3.05) is 5.32 Å². The average molecular weight is 420 g/mol. The number of carbonyl (C=O) groups excluding carboxylic acids is 2. The third-order valence-electron chi connectivity index (χ3n) is 4.14. The molecule has 10 nitrogen and oxygen atoms in total. The maximum absolute atomic E-state index is 12.5. The van der Waals surface area contributed by atoms with Gasteiger partial charge >= 0.3 is 0 Å². The number of anilines is 1. The molecule has 31 heavy (non-hydrogen) atoms. The molecule has 0 spiro atoms. The summed E-state index contributed by atoms with van der Waals surface area (Å²) >= 11 is 0. The summed E-state index contributed by atoms with van der Waals surface area (Å²) in [4.78, 5) is 35.1. The molecule has 3 rings (SSSR count). The number of amides is 2. The molecule has 0 heterocycles. The molecule has 0 unspecified atom stereocenters. The molecule has 0 aromatic heterocycles. The topological polar surface area (TPSA) is 154 Å². The number of phenolic OH excluding ortho intramolecular Hbond substituents is 2. The van der Waals surface area contributed by atoms with Gasteiger partial charge in [-0.3, -0.25) is 19.7 Å². The Morgan fingerprint density at radius 1 is 0.968 bits per heavy atom. The highest BCUT2D eigenvalue weighted by Crippen LogP contribution is 2.21. The number of benzene rings is 3. The summed E-state index contributed by atoms with van der Waals surface area (Å²) in [5, 5.41) is 36.1. The van der Waals surface area contributed by atoms with Crippen LogP contribution in [0.2, 0.25) is 0 Å². The number of nitrogens with one attached hydrogen (secondary N) is 2. The van der Waals surface area contributed by atoms with Gasteiger partial charge in [-0.05, 0) is 36.4 Å². The van der Waals surface area contributed by atoms with Crippen molar-refractivity contribution in [3.63, 3.8) is 0 Å². The molecule has 4 N–H and O–H groups in total. The van der Waals surface area contributed by atoms with Gasteiger partial charge in [-0.2, -0.15) is 5.10 Å². The molecule has 0 atom stereocenters. The van der Waals surface area contributed by atoms with E-state index < -0.39 is 16.7 Å². The standard InChI is InChI=1S/C21H16N4O6/c26-16-10-7-14(19(27)11-16)12-22-24-21(29)17-3-1-2-4-18(17)23-20(28)13-5-8-15(9-6-13)25(30)31/h1-12,26-27H,(H,23,28)(H,24,29)/b22-12-. The molecule has 3 aromatic carbocycles. The number of hydrogen-bond donors (Lipinski definition) is 4. The van der Waals surface area contributed by atoms with E-state index in [0.29, 0.717) is 0 Å². The third kappa shape index (κ3) is 5.21. The van der Waals surface area contributed by atoms with Gasteiger partial charge in [0.25, 0.3) is 17.5 Å². The molecule has 0 bridgehead atoms. The number of hydrazone groups is 1. The monoisotopic (exact) mass is 420 g/mol. The summed E-state index contributed by atoms with van der Waals surface area (Å²) < 4.78 is 0. The molecule has 3 aromatic rings. The minimum absolute atomic E-state index is 0.114. The number of carbonyl (C=O) groups is 2. The van der Waals surface area contributed by atoms with Gasteiger partial charge in [0.1, 0.15) is 11.5 Å². The van der Waals surface area contributed by atoms with E-state index in [0.717, 1.165) is 6.07 Å². The molecule has 10 heteroatoms. The molecule has 0 saturated heterocycles. The second-order valence-corrected chi connectivity index (χ2v) is 6.25. The second kappa shape index (κ2) is 9.18. The van der Waals surface area contributed by atoms with E-state index in [9.17, 15) is 29.9 Å². The van der Waals surface area contributed by atoms with E-state index in [1.165, 1.54) is 54.7 Å². The normalized spacial score (nSPS) is 10.6. The number of nitro benzene ring substituents is 1. The maximum Gasteiger partial charge on any atom is 0.273 e. The van der Waals surface area contributed by atoms with E-state index in [2.05, 4.69) is 15.8 Å². The van der Waals surface area contributed by atoms with Gasteiger partial charge in [-0.15, -0.1) is 0 Å². The predicted molar refractivity (Wildman–Crippen MR) is 112 cm³/mol. The lowest BCUT2D eigenvalue weighted by Gasteiger charge is -2.10. The largest absolute Gasteiger partial charge is 0.508 e. The summed E-state index contributed by atoms with van der Waals surface area (Å²) in [7, 11) is 0. The van der Waals surface area contributed by atoms with Gasteiger partial charge in [0.15, 0.2) is 0 Å². The summed E-state index contributed by atoms with van der Waals surface area (Å²) in [5.74, 6) is -1.49. The van der Waals surface area contributed by atoms with Gasteiger partial charge in [0, 0.05) is 29.3 Å². The zero-order valence-corrected chi connectivity index (χ0v) is 15.9. The third-order valence-corrected chi connectivity index (χ3v) is 4.14. The smallest absolute Gasteiger partial charge is 0.273 e. The van der Waals surface area contributed by atoms with Crippen LogP contribution in [0.3, 0.4) is 0 Å². The van der Waals surface area contributed by atoms with Crippen molar-refractivity contribution in [2.24, 2.45) is 5.10 Å². The van der Waals surface area contributed by atoms with Crippen LogP contribution in [0.25, 0.3) is 0 Å². The Kier molecular flexibility index (Phi) is 6.21. The van der Waals surface area contributed by atoms with Crippen molar-refractivity contribution in [3.8, 4) is 11.5 Å². The van der Waals surface area contributed by atoms with E-state index in [4.69, 9.17) is 0 Å². The molecule has 0 fully saturated rings. The number of rotatable bonds is 6. The fourth-order valence-electron chi connectivity index (χ4n) is 2.58. The minimum atomic E-state index is -0.617. The maximum atomic E-state index is 12.5. The van der Waals surface area contributed by atoms with Crippen molar-refractivity contribution in [1.29, 1.82) is 0 Å². The number of aromatic hydroxyl groups is 2. The molecule has 0 saturated carbocycles. The van der Waals surface area contributed by atoms with Crippen LogP contribution in [0.15, 0.2) is 71.8 Å². The number of hydrogen-bond acceptors (Lipinski definition) is 7. The summed E-state index contributed by atoms with van der Waals surface area (Å²) in [6.45, 7) is 0. The van der Waals surface area contributed by atoms with Crippen molar-refractivity contribution >= 4 is 29.4 Å². The van der Waals surface area contributed by atoms with Crippen LogP contribution in [-0.2, 0) is 0 Å². The zero-order chi connectivity index (χ0) is 22.4. The van der Waals surface area contributed by atoms with Crippen molar-refractivity contribution < 1.29 is 24.7 Å². The Balaban J connectivity index is 1.71. The Morgan fingerprint density at radius 3 is 2.35 bits per heavy atom. The molecule has 2 amide bonds. The van der Waals surface area contributed by atoms with Gasteiger partial charge < -0.3 is 15.5 Å². The Bertz CT molecular complexity index is 1170. The first-order valence-corrected chi connectivity index (χ1v) is 8.85. The molecular weight excluding hydrogens is 404 g/mol. The lowest BCUT2D eigenvalue weighted by molar-refractivity contribution is -0.384. The molecule has 0 radical (unpaired) electrons. The van der Waals surface area contributed by atoms with Crippen LogP contribution >= 0.6 is 0 Å². The average Bonchev–Trinajstić information content (AvgIpc) is 2.75. The van der Waals surface area contributed by atoms with E-state index in [-0.39, 0.29) is 39.6 Å². The van der Waals surface area contributed by atoms with E-state index in [1.54, 1.807) is 12.1 Å². The number of phenols is 2. The Hall–Kier alpha value is -4.73. The highest BCUT2D eigenvalue weighted by Gasteiger charge is 2.15. The first-order valence-electron chi connectivity index (χ1n) is 8.85. The van der Waals surface area contributed by atoms with E-state index in [1.807, 2.05) is 0 Å². The van der Waals surface area contributed by atoms with Crippen molar-refractivity contribution in [2.45, 2.75) is 0 Å². The van der Waals surface area contributed by atoms with Gasteiger partial charge in [-0.1, -0.05) is 12.1 Å². The van der Waals surface area contributed by atoms with E-state index >= 15 is 0 Å². The Morgan fingerprint density at radius 2 is 1.68 bits per heavy atom. The number of non-ortho nitro benzene ring substituents is 1. The van der Waals surface area contributed by atoms with Crippen LogP contribution in [-0.4, -0.2) is 33.2 Å². The van der Waals surface area contributed by atoms with Gasteiger partial charge in [0.05, 0.1) is 22.4 Å². The minimum Gasteiger partial charge on any atom is -0.508 e. The summed E-state index contributed by atoms with van der Waals surface area (Å²) in [6.07, 6.45) is 1.20. The fourth-order valence-corrected chi connectivity index (χ4v) is 2.58. The molecule has 0 aliphatic carbocycles. The van der Waals surface area contributed by atoms with Crippen LogP contribution in [0.4, 0.5) is 11.4 Å². The van der Waals surface area contributed by atoms with Gasteiger partial charge in [0.2, 0.25) is 0 Å². The predicted octanol–water partition coefficient (Wildman–Crippen LogP) is 3.02. The second-order valence-electron chi connectivity index (χ2n) is 6.25. The zero-order valence-electron chi connectivity index (χ0n) is 15.9. The molecule has 0 aliphatic heterocycles.